The molecule has 0 aliphatic carbocycles. The number of ether oxygens (including phenoxy) is 2. The van der Waals surface area contributed by atoms with Gasteiger partial charge in [0, 0.05) is 17.4 Å². The zero-order chi connectivity index (χ0) is 15.8. The number of carbonyl (C=O) groups is 1. The number of hydrogen-bond donors (Lipinski definition) is 2. The van der Waals surface area contributed by atoms with E-state index in [2.05, 4.69) is 10.6 Å². The number of nitriles is 1. The van der Waals surface area contributed by atoms with Gasteiger partial charge in [0.2, 0.25) is 0 Å². The van der Waals surface area contributed by atoms with Crippen LogP contribution in [0.5, 0.6) is 11.5 Å². The number of nitrogens with one attached hydrogen (secondary N) is 2. The van der Waals surface area contributed by atoms with Crippen molar-refractivity contribution >= 4 is 17.4 Å². The molecule has 6 heteroatoms. The van der Waals surface area contributed by atoms with Crippen LogP contribution in [0.1, 0.15) is 0 Å². The first-order valence-corrected chi connectivity index (χ1v) is 6.53. The van der Waals surface area contributed by atoms with Gasteiger partial charge in [-0.3, -0.25) is 0 Å². The molecule has 2 aromatic rings. The quantitative estimate of drug-likeness (QED) is 0.887. The van der Waals surface area contributed by atoms with Crippen LogP contribution in [0.2, 0.25) is 0 Å². The van der Waals surface area contributed by atoms with Crippen molar-refractivity contribution in [2.24, 2.45) is 0 Å². The summed E-state index contributed by atoms with van der Waals surface area (Å²) >= 11 is 0. The standard InChI is InChI=1S/C16H15N3O3/c1-21-15-4-2-3-13(11-15)19-16(20)18-12-5-7-14(8-6-12)22-10-9-17/h2-8,11H,10H2,1H3,(H2,18,19,20). The average Bonchev–Trinajstić information content (AvgIpc) is 2.54. The Labute approximate surface area is 128 Å². The maximum atomic E-state index is 11.9. The molecule has 2 aromatic carbocycles. The van der Waals surface area contributed by atoms with Crippen molar-refractivity contribution < 1.29 is 14.3 Å². The largest absolute Gasteiger partial charge is 0.497 e. The maximum Gasteiger partial charge on any atom is 0.323 e. The summed E-state index contributed by atoms with van der Waals surface area (Å²) in [4.78, 5) is 11.9. The maximum absolute atomic E-state index is 11.9. The van der Waals surface area contributed by atoms with Crippen molar-refractivity contribution in [1.82, 2.24) is 0 Å². The minimum absolute atomic E-state index is 0.0108. The molecule has 0 radical (unpaired) electrons. The second-order valence-electron chi connectivity index (χ2n) is 4.28. The van der Waals surface area contributed by atoms with Crippen LogP contribution in [0.25, 0.3) is 0 Å². The Morgan fingerprint density at radius 1 is 1.09 bits per heavy atom. The lowest BCUT2D eigenvalue weighted by atomic mass is 10.3. The van der Waals surface area contributed by atoms with Crippen LogP contribution in [-0.2, 0) is 0 Å². The van der Waals surface area contributed by atoms with Crippen molar-refractivity contribution in [3.63, 3.8) is 0 Å². The molecule has 0 heterocycles. The third-order valence-corrected chi connectivity index (χ3v) is 2.74. The predicted molar refractivity (Wildman–Crippen MR) is 83.2 cm³/mol. The van der Waals surface area contributed by atoms with Crippen LogP contribution < -0.4 is 20.1 Å². The number of nitrogens with zero attached hydrogens (tertiary/aromatic N) is 1. The third kappa shape index (κ3) is 4.42. The van der Waals surface area contributed by atoms with Gasteiger partial charge in [-0.1, -0.05) is 6.07 Å². The molecule has 0 saturated heterocycles. The monoisotopic (exact) mass is 297 g/mol. The Hall–Kier alpha value is -3.20. The molecule has 0 saturated carbocycles. The fourth-order valence-corrected chi connectivity index (χ4v) is 1.74. The van der Waals surface area contributed by atoms with Crippen LogP contribution in [-0.4, -0.2) is 19.7 Å². The zero-order valence-corrected chi connectivity index (χ0v) is 12.0. The van der Waals surface area contributed by atoms with E-state index in [0.29, 0.717) is 22.9 Å². The third-order valence-electron chi connectivity index (χ3n) is 2.74. The second-order valence-corrected chi connectivity index (χ2v) is 4.28. The molecule has 2 rings (SSSR count). The molecule has 112 valence electrons. The van der Waals surface area contributed by atoms with Gasteiger partial charge in [-0.05, 0) is 36.4 Å². The Morgan fingerprint density at radius 2 is 1.82 bits per heavy atom. The summed E-state index contributed by atoms with van der Waals surface area (Å²) in [5.74, 6) is 1.23. The lowest BCUT2D eigenvalue weighted by molar-refractivity contribution is 0.262. The van der Waals surface area contributed by atoms with Crippen LogP contribution in [0.4, 0.5) is 16.2 Å². The molecule has 0 unspecified atom stereocenters. The van der Waals surface area contributed by atoms with Gasteiger partial charge in [0.25, 0.3) is 0 Å². The normalized spacial score (nSPS) is 9.45. The van der Waals surface area contributed by atoms with Gasteiger partial charge in [-0.2, -0.15) is 5.26 Å². The van der Waals surface area contributed by atoms with E-state index >= 15 is 0 Å². The molecule has 0 bridgehead atoms. The highest BCUT2D eigenvalue weighted by atomic mass is 16.5. The summed E-state index contributed by atoms with van der Waals surface area (Å²) in [5.41, 5.74) is 1.25. The van der Waals surface area contributed by atoms with E-state index in [9.17, 15) is 4.79 Å². The van der Waals surface area contributed by atoms with Crippen molar-refractivity contribution in [1.29, 1.82) is 5.26 Å². The van der Waals surface area contributed by atoms with Crippen molar-refractivity contribution in [2.45, 2.75) is 0 Å². The number of amides is 2. The van der Waals surface area contributed by atoms with E-state index < -0.39 is 0 Å². The lowest BCUT2D eigenvalue weighted by Gasteiger charge is -2.09. The first-order chi connectivity index (χ1) is 10.7. The van der Waals surface area contributed by atoms with Gasteiger partial charge in [0.1, 0.15) is 17.6 Å². The lowest BCUT2D eigenvalue weighted by Crippen LogP contribution is -2.19. The fourth-order valence-electron chi connectivity index (χ4n) is 1.74. The number of rotatable bonds is 5. The highest BCUT2D eigenvalue weighted by Crippen LogP contribution is 2.18. The van der Waals surface area contributed by atoms with Gasteiger partial charge >= 0.3 is 6.03 Å². The van der Waals surface area contributed by atoms with E-state index in [-0.39, 0.29) is 12.6 Å². The minimum atomic E-state index is -0.362. The van der Waals surface area contributed by atoms with Crippen LogP contribution in [0.3, 0.4) is 0 Å². The highest BCUT2D eigenvalue weighted by molar-refractivity contribution is 5.99. The van der Waals surface area contributed by atoms with Crippen LogP contribution in [0.15, 0.2) is 48.5 Å². The van der Waals surface area contributed by atoms with Crippen molar-refractivity contribution in [3.8, 4) is 17.6 Å². The van der Waals surface area contributed by atoms with E-state index in [0.717, 1.165) is 0 Å². The molecule has 2 amide bonds. The Balaban J connectivity index is 1.92. The summed E-state index contributed by atoms with van der Waals surface area (Å²) in [7, 11) is 1.56. The summed E-state index contributed by atoms with van der Waals surface area (Å²) in [5, 5.41) is 13.8. The molecule has 0 fully saturated rings. The van der Waals surface area contributed by atoms with Gasteiger partial charge < -0.3 is 20.1 Å². The number of urea groups is 1. The summed E-state index contributed by atoms with van der Waals surface area (Å²) in [6.07, 6.45) is 0. The average molecular weight is 297 g/mol. The first-order valence-electron chi connectivity index (χ1n) is 6.53. The highest BCUT2D eigenvalue weighted by Gasteiger charge is 2.04. The molecule has 2 N–H and O–H groups in total. The van der Waals surface area contributed by atoms with Gasteiger partial charge in [0.15, 0.2) is 6.61 Å². The smallest absolute Gasteiger partial charge is 0.323 e. The van der Waals surface area contributed by atoms with E-state index in [1.807, 2.05) is 6.07 Å². The number of carbonyl (C=O) groups excluding carboxylic acids is 1. The first kappa shape index (κ1) is 15.2. The van der Waals surface area contributed by atoms with Crippen LogP contribution in [0, 0.1) is 11.3 Å². The van der Waals surface area contributed by atoms with Crippen LogP contribution >= 0.6 is 0 Å². The van der Waals surface area contributed by atoms with Crippen molar-refractivity contribution in [2.75, 3.05) is 24.4 Å². The van der Waals surface area contributed by atoms with E-state index in [1.165, 1.54) is 0 Å². The molecule has 0 aromatic heterocycles. The summed E-state index contributed by atoms with van der Waals surface area (Å²) in [6.45, 7) is -0.0108. The minimum Gasteiger partial charge on any atom is -0.497 e. The molecule has 0 aliphatic rings. The molecular weight excluding hydrogens is 282 g/mol. The number of benzene rings is 2. The van der Waals surface area contributed by atoms with Gasteiger partial charge in [-0.25, -0.2) is 4.79 Å². The summed E-state index contributed by atoms with van der Waals surface area (Å²) < 4.78 is 10.2. The van der Waals surface area contributed by atoms with E-state index in [1.54, 1.807) is 55.6 Å². The molecule has 22 heavy (non-hydrogen) atoms. The summed E-state index contributed by atoms with van der Waals surface area (Å²) in [6, 6.07) is 15.3. The fraction of sp³-hybridized carbons (Fsp3) is 0.125. The van der Waals surface area contributed by atoms with Gasteiger partial charge in [-0.15, -0.1) is 0 Å². The van der Waals surface area contributed by atoms with E-state index in [4.69, 9.17) is 14.7 Å². The Morgan fingerprint density at radius 3 is 2.50 bits per heavy atom. The molecule has 0 aliphatic heterocycles. The SMILES string of the molecule is COc1cccc(NC(=O)Nc2ccc(OCC#N)cc2)c1. The molecule has 0 atom stereocenters. The molecular formula is C16H15N3O3. The molecule has 0 spiro atoms. The molecule has 6 nitrogen and oxygen atoms in total. The number of methoxy groups -OCH3 is 1. The number of anilines is 2. The van der Waals surface area contributed by atoms with Crippen molar-refractivity contribution in [3.05, 3.63) is 48.5 Å². The Bertz CT molecular complexity index is 678. The zero-order valence-electron chi connectivity index (χ0n) is 12.0. The number of hydrogen-bond acceptors (Lipinski definition) is 4. The second kappa shape index (κ2) is 7.55. The predicted octanol–water partition coefficient (Wildman–Crippen LogP) is 3.24. The Kier molecular flexibility index (Phi) is 5.21. The topological polar surface area (TPSA) is 83.4 Å². The van der Waals surface area contributed by atoms with Gasteiger partial charge in [0.05, 0.1) is 7.11 Å².